The fourth-order valence-electron chi connectivity index (χ4n) is 3.74. The molecule has 1 heteroatoms. The maximum Gasteiger partial charge on any atom is 0.0294 e. The number of aryl methyl sites for hydroxylation is 2. The van der Waals surface area contributed by atoms with Crippen molar-refractivity contribution in [3.05, 3.63) is 34.9 Å². The molecule has 0 heterocycles. The summed E-state index contributed by atoms with van der Waals surface area (Å²) in [5.41, 5.74) is 4.70. The van der Waals surface area contributed by atoms with Crippen LogP contribution in [0.2, 0.25) is 0 Å². The van der Waals surface area contributed by atoms with Gasteiger partial charge < -0.3 is 5.32 Å². The van der Waals surface area contributed by atoms with Crippen molar-refractivity contribution in [1.82, 2.24) is 5.32 Å². The van der Waals surface area contributed by atoms with Crippen LogP contribution < -0.4 is 5.32 Å². The molecule has 104 valence electrons. The number of hydrogen-bond acceptors (Lipinski definition) is 1. The monoisotopic (exact) mass is 257 g/mol. The molecule has 1 aromatic rings. The van der Waals surface area contributed by atoms with Crippen LogP contribution >= 0.6 is 0 Å². The van der Waals surface area contributed by atoms with Crippen LogP contribution in [0, 0.1) is 0 Å². The van der Waals surface area contributed by atoms with Gasteiger partial charge in [0, 0.05) is 12.1 Å². The van der Waals surface area contributed by atoms with Crippen LogP contribution in [0.25, 0.3) is 0 Å². The Kier molecular flexibility index (Phi) is 4.22. The van der Waals surface area contributed by atoms with Gasteiger partial charge in [-0.15, -0.1) is 0 Å². The second-order valence-electron chi connectivity index (χ2n) is 6.46. The molecule has 0 aromatic heterocycles. The first-order chi connectivity index (χ1) is 9.33. The molecule has 1 nitrogen and oxygen atoms in total. The molecular formula is C18H27N. The lowest BCUT2D eigenvalue weighted by Gasteiger charge is -2.27. The zero-order valence-electron chi connectivity index (χ0n) is 12.3. The molecule has 0 aliphatic heterocycles. The summed E-state index contributed by atoms with van der Waals surface area (Å²) in [6.07, 6.45) is 12.3. The predicted octanol–water partition coefficient (Wildman–Crippen LogP) is 4.55. The van der Waals surface area contributed by atoms with Crippen LogP contribution in [-0.4, -0.2) is 6.04 Å². The fraction of sp³-hybridized carbons (Fsp3) is 0.667. The zero-order valence-corrected chi connectivity index (χ0v) is 12.3. The second-order valence-corrected chi connectivity index (χ2v) is 6.46. The molecule has 1 N–H and O–H groups in total. The van der Waals surface area contributed by atoms with Crippen molar-refractivity contribution in [3.8, 4) is 0 Å². The summed E-state index contributed by atoms with van der Waals surface area (Å²) >= 11 is 0. The van der Waals surface area contributed by atoms with Gasteiger partial charge in [-0.2, -0.15) is 0 Å². The van der Waals surface area contributed by atoms with E-state index in [0.717, 1.165) is 6.04 Å². The molecule has 1 aromatic carbocycles. The molecule has 0 saturated heterocycles. The lowest BCUT2D eigenvalue weighted by Crippen LogP contribution is -2.33. The first-order valence-electron chi connectivity index (χ1n) is 8.21. The third-order valence-electron chi connectivity index (χ3n) is 4.96. The van der Waals surface area contributed by atoms with Crippen molar-refractivity contribution < 1.29 is 0 Å². The van der Waals surface area contributed by atoms with Gasteiger partial charge in [-0.1, -0.05) is 37.5 Å². The van der Waals surface area contributed by atoms with E-state index in [9.17, 15) is 0 Å². The van der Waals surface area contributed by atoms with E-state index in [0.29, 0.717) is 6.04 Å². The Hall–Kier alpha value is -0.820. The van der Waals surface area contributed by atoms with E-state index in [2.05, 4.69) is 30.4 Å². The Morgan fingerprint density at radius 3 is 2.47 bits per heavy atom. The molecule has 1 fully saturated rings. The van der Waals surface area contributed by atoms with E-state index in [4.69, 9.17) is 0 Å². The smallest absolute Gasteiger partial charge is 0.0294 e. The van der Waals surface area contributed by atoms with Gasteiger partial charge in [0.15, 0.2) is 0 Å². The molecule has 0 bridgehead atoms. The Bertz CT molecular complexity index is 418. The minimum absolute atomic E-state index is 0.510. The summed E-state index contributed by atoms with van der Waals surface area (Å²) in [6.45, 7) is 2.33. The molecule has 19 heavy (non-hydrogen) atoms. The SMILES string of the molecule is CC(NC1CCCCC1)c1ccc2c(c1)CCCC2. The number of benzene rings is 1. The summed E-state index contributed by atoms with van der Waals surface area (Å²) in [4.78, 5) is 0. The fourth-order valence-corrected chi connectivity index (χ4v) is 3.74. The van der Waals surface area contributed by atoms with Gasteiger partial charge in [-0.25, -0.2) is 0 Å². The first kappa shape index (κ1) is 13.2. The molecule has 3 rings (SSSR count). The van der Waals surface area contributed by atoms with Gasteiger partial charge in [-0.3, -0.25) is 0 Å². The first-order valence-corrected chi connectivity index (χ1v) is 8.21. The highest BCUT2D eigenvalue weighted by Gasteiger charge is 2.17. The molecule has 0 radical (unpaired) electrons. The largest absolute Gasteiger partial charge is 0.307 e. The number of nitrogens with one attached hydrogen (secondary N) is 1. The van der Waals surface area contributed by atoms with Crippen molar-refractivity contribution in [3.63, 3.8) is 0 Å². The number of rotatable bonds is 3. The van der Waals surface area contributed by atoms with Crippen LogP contribution in [0.5, 0.6) is 0 Å². The van der Waals surface area contributed by atoms with Crippen molar-refractivity contribution in [2.24, 2.45) is 0 Å². The third kappa shape index (κ3) is 3.20. The summed E-state index contributed by atoms with van der Waals surface area (Å²) in [5, 5.41) is 3.84. The highest BCUT2D eigenvalue weighted by Crippen LogP contribution is 2.26. The molecule has 0 spiro atoms. The van der Waals surface area contributed by atoms with Gasteiger partial charge in [0.1, 0.15) is 0 Å². The topological polar surface area (TPSA) is 12.0 Å². The van der Waals surface area contributed by atoms with Crippen molar-refractivity contribution in [2.45, 2.75) is 76.8 Å². The van der Waals surface area contributed by atoms with Crippen LogP contribution in [0.3, 0.4) is 0 Å². The van der Waals surface area contributed by atoms with Gasteiger partial charge in [0.05, 0.1) is 0 Å². The lowest BCUT2D eigenvalue weighted by atomic mass is 9.89. The summed E-state index contributed by atoms with van der Waals surface area (Å²) < 4.78 is 0. The predicted molar refractivity (Wildman–Crippen MR) is 81.5 cm³/mol. The molecule has 1 unspecified atom stereocenters. The molecule has 1 atom stereocenters. The average molecular weight is 257 g/mol. The minimum Gasteiger partial charge on any atom is -0.307 e. The van der Waals surface area contributed by atoms with E-state index in [1.54, 1.807) is 11.1 Å². The number of hydrogen-bond donors (Lipinski definition) is 1. The van der Waals surface area contributed by atoms with E-state index in [-0.39, 0.29) is 0 Å². The maximum atomic E-state index is 3.84. The lowest BCUT2D eigenvalue weighted by molar-refractivity contribution is 0.347. The van der Waals surface area contributed by atoms with Crippen molar-refractivity contribution in [1.29, 1.82) is 0 Å². The maximum absolute atomic E-state index is 3.84. The molecule has 0 amide bonds. The zero-order chi connectivity index (χ0) is 13.1. The van der Waals surface area contributed by atoms with Crippen LogP contribution in [0.4, 0.5) is 0 Å². The minimum atomic E-state index is 0.510. The van der Waals surface area contributed by atoms with Crippen LogP contribution in [0.1, 0.15) is 74.6 Å². The van der Waals surface area contributed by atoms with Crippen molar-refractivity contribution in [2.75, 3.05) is 0 Å². The Morgan fingerprint density at radius 2 is 1.68 bits per heavy atom. The van der Waals surface area contributed by atoms with Gasteiger partial charge in [0.25, 0.3) is 0 Å². The highest BCUT2D eigenvalue weighted by atomic mass is 14.9. The van der Waals surface area contributed by atoms with E-state index < -0.39 is 0 Å². The second kappa shape index (κ2) is 6.09. The molecule has 2 aliphatic rings. The van der Waals surface area contributed by atoms with Gasteiger partial charge in [-0.05, 0) is 62.1 Å². The molecule has 1 saturated carbocycles. The van der Waals surface area contributed by atoms with Crippen molar-refractivity contribution >= 4 is 0 Å². The highest BCUT2D eigenvalue weighted by molar-refractivity contribution is 5.35. The number of fused-ring (bicyclic) bond motifs is 1. The summed E-state index contributed by atoms with van der Waals surface area (Å²) in [6, 6.07) is 8.46. The quantitative estimate of drug-likeness (QED) is 0.837. The normalized spacial score (nSPS) is 21.9. The van der Waals surface area contributed by atoms with Gasteiger partial charge >= 0.3 is 0 Å². The van der Waals surface area contributed by atoms with E-state index in [1.807, 2.05) is 0 Å². The average Bonchev–Trinajstić information content (AvgIpc) is 2.48. The standard InChI is InChI=1S/C18H27N/c1-14(19-18-9-3-2-4-10-18)16-12-11-15-7-5-6-8-17(15)13-16/h11-14,18-19H,2-10H2,1H3. The molecular weight excluding hydrogens is 230 g/mol. The van der Waals surface area contributed by atoms with Crippen LogP contribution in [0.15, 0.2) is 18.2 Å². The summed E-state index contributed by atoms with van der Waals surface area (Å²) in [5.74, 6) is 0. The molecule has 2 aliphatic carbocycles. The van der Waals surface area contributed by atoms with Crippen LogP contribution in [-0.2, 0) is 12.8 Å². The Labute approximate surface area is 117 Å². The summed E-state index contributed by atoms with van der Waals surface area (Å²) in [7, 11) is 0. The Morgan fingerprint density at radius 1 is 0.947 bits per heavy atom. The van der Waals surface area contributed by atoms with E-state index >= 15 is 0 Å². The van der Waals surface area contributed by atoms with E-state index in [1.165, 1.54) is 63.4 Å². The third-order valence-corrected chi connectivity index (χ3v) is 4.96. The van der Waals surface area contributed by atoms with Gasteiger partial charge in [0.2, 0.25) is 0 Å². The Balaban J connectivity index is 1.67.